The van der Waals surface area contributed by atoms with Crippen molar-refractivity contribution in [3.05, 3.63) is 40.7 Å². The maximum Gasteiger partial charge on any atom is 0.446 e. The van der Waals surface area contributed by atoms with Gasteiger partial charge in [-0.3, -0.25) is 9.79 Å². The van der Waals surface area contributed by atoms with E-state index in [0.29, 0.717) is 13.0 Å². The molecule has 0 radical (unpaired) electrons. The van der Waals surface area contributed by atoms with Crippen molar-refractivity contribution in [1.29, 1.82) is 0 Å². The molecule has 0 saturated carbocycles. The minimum absolute atomic E-state index is 0.0562. The number of carbonyl (C=O) groups is 1. The van der Waals surface area contributed by atoms with Crippen LogP contribution in [-0.4, -0.2) is 30.9 Å². The SMILES string of the molecule is CC1=C(CCN=C(N)N=C(N)N)c2cc(F)ccc2C1.O=CC(F)(F)F. The Kier molecular flexibility index (Phi) is 7.29. The first kappa shape index (κ1) is 21.1. The summed E-state index contributed by atoms with van der Waals surface area (Å²) in [7, 11) is 0. The summed E-state index contributed by atoms with van der Waals surface area (Å²) in [6.45, 7) is 2.52. The fraction of sp³-hybridized carbons (Fsp3) is 0.312. The minimum atomic E-state index is -4.64. The molecular formula is C16H19F4N5O. The molecule has 0 unspecified atom stereocenters. The lowest BCUT2D eigenvalue weighted by Gasteiger charge is -2.05. The third kappa shape index (κ3) is 6.91. The van der Waals surface area contributed by atoms with E-state index in [2.05, 4.69) is 16.9 Å². The molecular weight excluding hydrogens is 354 g/mol. The Balaban J connectivity index is 0.000000487. The largest absolute Gasteiger partial charge is 0.446 e. The van der Waals surface area contributed by atoms with Crippen molar-refractivity contribution >= 4 is 23.8 Å². The second-order valence-corrected chi connectivity index (χ2v) is 5.42. The number of hydrogen-bond acceptors (Lipinski definition) is 2. The number of hydrogen-bond donors (Lipinski definition) is 3. The monoisotopic (exact) mass is 373 g/mol. The van der Waals surface area contributed by atoms with Crippen LogP contribution in [0.25, 0.3) is 5.57 Å². The number of benzene rings is 1. The number of nitrogens with two attached hydrogens (primary N) is 3. The fourth-order valence-electron chi connectivity index (χ4n) is 2.40. The molecule has 0 saturated heterocycles. The molecule has 26 heavy (non-hydrogen) atoms. The second kappa shape index (κ2) is 8.97. The van der Waals surface area contributed by atoms with Crippen LogP contribution in [0.15, 0.2) is 33.8 Å². The molecule has 6 nitrogen and oxygen atoms in total. The molecule has 6 N–H and O–H groups in total. The Morgan fingerprint density at radius 2 is 1.88 bits per heavy atom. The first-order valence-corrected chi connectivity index (χ1v) is 7.43. The third-order valence-corrected chi connectivity index (χ3v) is 3.38. The molecule has 0 aromatic heterocycles. The number of halogens is 4. The van der Waals surface area contributed by atoms with Crippen molar-refractivity contribution in [2.24, 2.45) is 27.2 Å². The fourth-order valence-corrected chi connectivity index (χ4v) is 2.40. The van der Waals surface area contributed by atoms with Gasteiger partial charge in [-0.2, -0.15) is 18.2 Å². The number of rotatable bonds is 3. The highest BCUT2D eigenvalue weighted by Gasteiger charge is 2.24. The van der Waals surface area contributed by atoms with Gasteiger partial charge in [0.1, 0.15) is 5.82 Å². The van der Waals surface area contributed by atoms with Crippen LogP contribution in [0.5, 0.6) is 0 Å². The van der Waals surface area contributed by atoms with Crippen LogP contribution < -0.4 is 17.2 Å². The molecule has 1 aromatic carbocycles. The van der Waals surface area contributed by atoms with Crippen molar-refractivity contribution in [2.75, 3.05) is 6.54 Å². The van der Waals surface area contributed by atoms with Gasteiger partial charge in [0.2, 0.25) is 12.2 Å². The number of carbonyl (C=O) groups excluding carboxylic acids is 1. The summed E-state index contributed by atoms with van der Waals surface area (Å²) in [6.07, 6.45) is -4.16. The highest BCUT2D eigenvalue weighted by molar-refractivity contribution is 5.92. The lowest BCUT2D eigenvalue weighted by molar-refractivity contribution is -0.156. The van der Waals surface area contributed by atoms with Gasteiger partial charge in [-0.05, 0) is 48.6 Å². The average molecular weight is 373 g/mol. The van der Waals surface area contributed by atoms with Crippen LogP contribution in [-0.2, 0) is 11.2 Å². The lowest BCUT2D eigenvalue weighted by Crippen LogP contribution is -2.26. The van der Waals surface area contributed by atoms with Crippen LogP contribution in [0.4, 0.5) is 17.6 Å². The minimum Gasteiger partial charge on any atom is -0.370 e. The standard InChI is InChI=1S/C14H18FN5.C2HF3O/c1-8-6-9-2-3-10(15)7-12(9)11(8)4-5-19-14(18)20-13(16)17;3-2(4,5)1-6/h2-3,7H,4-6H2,1H3,(H6,16,17,18,19,20);1H. The molecule has 0 heterocycles. The normalized spacial score (nSPS) is 13.7. The number of aldehydes is 1. The van der Waals surface area contributed by atoms with E-state index in [4.69, 9.17) is 22.0 Å². The Hall–Kier alpha value is -2.91. The maximum absolute atomic E-state index is 13.3. The van der Waals surface area contributed by atoms with Crippen molar-refractivity contribution in [3.8, 4) is 0 Å². The first-order valence-electron chi connectivity index (χ1n) is 7.43. The zero-order valence-electron chi connectivity index (χ0n) is 14.0. The number of aliphatic imine (C=N–C) groups is 2. The molecule has 0 spiro atoms. The predicted octanol–water partition coefficient (Wildman–Crippen LogP) is 1.88. The lowest BCUT2D eigenvalue weighted by atomic mass is 10.0. The molecule has 1 aliphatic carbocycles. The summed E-state index contributed by atoms with van der Waals surface area (Å²) >= 11 is 0. The Morgan fingerprint density at radius 1 is 1.27 bits per heavy atom. The van der Waals surface area contributed by atoms with Crippen molar-refractivity contribution in [1.82, 2.24) is 0 Å². The smallest absolute Gasteiger partial charge is 0.370 e. The van der Waals surface area contributed by atoms with E-state index >= 15 is 0 Å². The molecule has 0 atom stereocenters. The summed E-state index contributed by atoms with van der Waals surface area (Å²) in [5.74, 6) is -0.282. The van der Waals surface area contributed by atoms with Gasteiger partial charge in [0, 0.05) is 6.54 Å². The molecule has 1 aromatic rings. The van der Waals surface area contributed by atoms with Gasteiger partial charge >= 0.3 is 6.18 Å². The maximum atomic E-state index is 13.3. The average Bonchev–Trinajstić information content (AvgIpc) is 2.82. The Bertz CT molecular complexity index is 749. The molecule has 1 aliphatic rings. The van der Waals surface area contributed by atoms with Gasteiger partial charge in [-0.15, -0.1) is 0 Å². The number of guanidine groups is 2. The highest BCUT2D eigenvalue weighted by atomic mass is 19.4. The molecule has 0 bridgehead atoms. The number of allylic oxidation sites excluding steroid dienone is 1. The van der Waals surface area contributed by atoms with E-state index in [1.54, 1.807) is 6.07 Å². The van der Waals surface area contributed by atoms with E-state index in [1.807, 2.05) is 6.07 Å². The molecule has 10 heteroatoms. The van der Waals surface area contributed by atoms with Gasteiger partial charge in [0.05, 0.1) is 0 Å². The van der Waals surface area contributed by atoms with Crippen molar-refractivity contribution in [2.45, 2.75) is 25.9 Å². The number of fused-ring (bicyclic) bond motifs is 1. The summed E-state index contributed by atoms with van der Waals surface area (Å²) in [6, 6.07) is 4.90. The Labute approximate surface area is 147 Å². The molecule has 0 aliphatic heterocycles. The quantitative estimate of drug-likeness (QED) is 0.324. The van der Waals surface area contributed by atoms with Gasteiger partial charge in [-0.25, -0.2) is 4.39 Å². The Morgan fingerprint density at radius 3 is 2.42 bits per heavy atom. The van der Waals surface area contributed by atoms with Crippen LogP contribution in [0.3, 0.4) is 0 Å². The van der Waals surface area contributed by atoms with E-state index < -0.39 is 12.5 Å². The van der Waals surface area contributed by atoms with Crippen LogP contribution in [0.2, 0.25) is 0 Å². The number of alkyl halides is 3. The van der Waals surface area contributed by atoms with Crippen LogP contribution in [0.1, 0.15) is 24.5 Å². The molecule has 142 valence electrons. The van der Waals surface area contributed by atoms with Crippen molar-refractivity contribution in [3.63, 3.8) is 0 Å². The molecule has 0 amide bonds. The topological polar surface area (TPSA) is 120 Å². The van der Waals surface area contributed by atoms with Gasteiger partial charge in [0.25, 0.3) is 0 Å². The zero-order valence-corrected chi connectivity index (χ0v) is 14.0. The summed E-state index contributed by atoms with van der Waals surface area (Å²) in [5, 5.41) is 0. The zero-order chi connectivity index (χ0) is 19.9. The summed E-state index contributed by atoms with van der Waals surface area (Å²) in [4.78, 5) is 16.4. The second-order valence-electron chi connectivity index (χ2n) is 5.42. The predicted molar refractivity (Wildman–Crippen MR) is 91.7 cm³/mol. The first-order chi connectivity index (χ1) is 12.0. The molecule has 2 rings (SSSR count). The van der Waals surface area contributed by atoms with E-state index in [0.717, 1.165) is 23.1 Å². The third-order valence-electron chi connectivity index (χ3n) is 3.38. The van der Waals surface area contributed by atoms with E-state index in [-0.39, 0.29) is 17.7 Å². The van der Waals surface area contributed by atoms with E-state index in [1.165, 1.54) is 11.6 Å². The highest BCUT2D eigenvalue weighted by Crippen LogP contribution is 2.35. The number of nitrogens with zero attached hydrogens (tertiary/aromatic N) is 2. The van der Waals surface area contributed by atoms with Crippen molar-refractivity contribution < 1.29 is 22.4 Å². The summed E-state index contributed by atoms with van der Waals surface area (Å²) < 4.78 is 44.6. The van der Waals surface area contributed by atoms with Gasteiger partial charge < -0.3 is 17.2 Å². The molecule has 0 fully saturated rings. The van der Waals surface area contributed by atoms with Gasteiger partial charge in [0.15, 0.2) is 5.96 Å². The van der Waals surface area contributed by atoms with Crippen LogP contribution >= 0.6 is 0 Å². The van der Waals surface area contributed by atoms with Gasteiger partial charge in [-0.1, -0.05) is 11.6 Å². The summed E-state index contributed by atoms with van der Waals surface area (Å²) in [5.41, 5.74) is 20.4. The van der Waals surface area contributed by atoms with Crippen LogP contribution in [0, 0.1) is 5.82 Å². The van der Waals surface area contributed by atoms with E-state index in [9.17, 15) is 17.6 Å².